The van der Waals surface area contributed by atoms with Crippen LogP contribution in [0.2, 0.25) is 0 Å². The summed E-state index contributed by atoms with van der Waals surface area (Å²) in [6, 6.07) is 14.0. The predicted molar refractivity (Wildman–Crippen MR) is 107 cm³/mol. The smallest absolute Gasteiger partial charge is 0.337 e. The molecule has 3 rings (SSSR count). The van der Waals surface area contributed by atoms with Crippen molar-refractivity contribution in [3.8, 4) is 0 Å². The Kier molecular flexibility index (Phi) is 5.64. The van der Waals surface area contributed by atoms with Gasteiger partial charge >= 0.3 is 5.97 Å². The summed E-state index contributed by atoms with van der Waals surface area (Å²) in [7, 11) is 1.30. The van der Waals surface area contributed by atoms with Crippen molar-refractivity contribution in [3.63, 3.8) is 0 Å². The number of carbonyl (C=O) groups is 2. The van der Waals surface area contributed by atoms with Gasteiger partial charge in [-0.3, -0.25) is 4.79 Å². The maximum atomic E-state index is 12.5. The summed E-state index contributed by atoms with van der Waals surface area (Å²) < 4.78 is 4.69. The van der Waals surface area contributed by atoms with Gasteiger partial charge in [-0.2, -0.15) is 0 Å². The van der Waals surface area contributed by atoms with E-state index in [1.165, 1.54) is 13.4 Å². The van der Waals surface area contributed by atoms with Crippen molar-refractivity contribution in [2.75, 3.05) is 17.7 Å². The fourth-order valence-corrected chi connectivity index (χ4v) is 2.61. The third-order valence-corrected chi connectivity index (χ3v) is 4.31. The summed E-state index contributed by atoms with van der Waals surface area (Å²) in [5, 5.41) is 5.94. The Balaban J connectivity index is 1.77. The highest BCUT2D eigenvalue weighted by Crippen LogP contribution is 2.22. The molecule has 0 aliphatic rings. The van der Waals surface area contributed by atoms with Crippen LogP contribution in [0.3, 0.4) is 0 Å². The van der Waals surface area contributed by atoms with Crippen LogP contribution in [0.25, 0.3) is 0 Å². The highest BCUT2D eigenvalue weighted by Gasteiger charge is 2.12. The summed E-state index contributed by atoms with van der Waals surface area (Å²) in [5.74, 6) is -0.372. The van der Waals surface area contributed by atoms with Gasteiger partial charge in [0.2, 0.25) is 0 Å². The molecule has 2 aromatic carbocycles. The van der Waals surface area contributed by atoms with Crippen molar-refractivity contribution < 1.29 is 14.3 Å². The molecule has 0 spiro atoms. The van der Waals surface area contributed by atoms with E-state index in [-0.39, 0.29) is 5.69 Å². The van der Waals surface area contributed by atoms with E-state index in [1.54, 1.807) is 30.3 Å². The molecule has 0 aliphatic carbocycles. The van der Waals surface area contributed by atoms with Crippen molar-refractivity contribution in [1.29, 1.82) is 0 Å². The number of ether oxygens (including phenoxy) is 1. The van der Waals surface area contributed by atoms with E-state index in [4.69, 9.17) is 4.74 Å². The van der Waals surface area contributed by atoms with Crippen LogP contribution in [0, 0.1) is 13.8 Å². The number of esters is 1. The van der Waals surface area contributed by atoms with Gasteiger partial charge in [0, 0.05) is 17.4 Å². The van der Waals surface area contributed by atoms with E-state index in [1.807, 2.05) is 32.0 Å². The standard InChI is InChI=1S/C21H20N4O3/c1-13-6-4-9-17(14(13)2)25-19-11-18(22-12-23-19)20(26)24-16-8-5-7-15(10-16)21(27)28-3/h4-12H,1-3H3,(H,24,26)(H,22,23,25). The molecule has 0 unspecified atom stereocenters. The summed E-state index contributed by atoms with van der Waals surface area (Å²) in [4.78, 5) is 32.4. The van der Waals surface area contributed by atoms with Crippen LogP contribution in [0.5, 0.6) is 0 Å². The number of aryl methyl sites for hydroxylation is 1. The number of hydrogen-bond acceptors (Lipinski definition) is 6. The van der Waals surface area contributed by atoms with E-state index < -0.39 is 11.9 Å². The lowest BCUT2D eigenvalue weighted by Gasteiger charge is -2.11. The van der Waals surface area contributed by atoms with Crippen LogP contribution < -0.4 is 10.6 Å². The summed E-state index contributed by atoms with van der Waals surface area (Å²) in [6.45, 7) is 4.04. The van der Waals surface area contributed by atoms with Crippen LogP contribution in [0.4, 0.5) is 17.2 Å². The fourth-order valence-electron chi connectivity index (χ4n) is 2.61. The first kappa shape index (κ1) is 19.0. The molecule has 0 bridgehead atoms. The number of nitrogens with one attached hydrogen (secondary N) is 2. The van der Waals surface area contributed by atoms with E-state index in [9.17, 15) is 9.59 Å². The third kappa shape index (κ3) is 4.32. The molecule has 0 saturated carbocycles. The molecule has 142 valence electrons. The normalized spacial score (nSPS) is 10.2. The number of amides is 1. The quantitative estimate of drug-likeness (QED) is 0.657. The molecule has 28 heavy (non-hydrogen) atoms. The summed E-state index contributed by atoms with van der Waals surface area (Å²) in [5.41, 5.74) is 4.19. The van der Waals surface area contributed by atoms with Gasteiger partial charge in [-0.25, -0.2) is 14.8 Å². The molecule has 1 heterocycles. The van der Waals surface area contributed by atoms with Gasteiger partial charge in [-0.1, -0.05) is 18.2 Å². The monoisotopic (exact) mass is 376 g/mol. The molecule has 0 saturated heterocycles. The first-order chi connectivity index (χ1) is 13.5. The zero-order valence-electron chi connectivity index (χ0n) is 15.8. The number of carbonyl (C=O) groups excluding carboxylic acids is 2. The van der Waals surface area contributed by atoms with Crippen molar-refractivity contribution in [2.45, 2.75) is 13.8 Å². The summed E-state index contributed by atoms with van der Waals surface area (Å²) >= 11 is 0. The zero-order valence-corrected chi connectivity index (χ0v) is 15.8. The molecule has 1 aromatic heterocycles. The Hall–Kier alpha value is -3.74. The number of methoxy groups -OCH3 is 1. The largest absolute Gasteiger partial charge is 0.465 e. The summed E-state index contributed by atoms with van der Waals surface area (Å²) in [6.07, 6.45) is 1.33. The van der Waals surface area contributed by atoms with Gasteiger partial charge in [0.15, 0.2) is 0 Å². The lowest BCUT2D eigenvalue weighted by Crippen LogP contribution is -2.15. The maximum Gasteiger partial charge on any atom is 0.337 e. The first-order valence-electron chi connectivity index (χ1n) is 8.63. The first-order valence-corrected chi connectivity index (χ1v) is 8.63. The Labute approximate surface area is 162 Å². The second-order valence-electron chi connectivity index (χ2n) is 6.19. The molecule has 0 radical (unpaired) electrons. The molecule has 3 aromatic rings. The van der Waals surface area contributed by atoms with Gasteiger partial charge in [-0.05, 0) is 49.2 Å². The maximum absolute atomic E-state index is 12.5. The van der Waals surface area contributed by atoms with E-state index in [2.05, 4.69) is 20.6 Å². The number of aromatic nitrogens is 2. The SMILES string of the molecule is COC(=O)c1cccc(NC(=O)c2cc(Nc3cccc(C)c3C)ncn2)c1. The second kappa shape index (κ2) is 8.30. The van der Waals surface area contributed by atoms with E-state index >= 15 is 0 Å². The number of benzene rings is 2. The molecular formula is C21H20N4O3. The van der Waals surface area contributed by atoms with Crippen molar-refractivity contribution in [2.24, 2.45) is 0 Å². The van der Waals surface area contributed by atoms with Crippen LogP contribution >= 0.6 is 0 Å². The average molecular weight is 376 g/mol. The topological polar surface area (TPSA) is 93.2 Å². The van der Waals surface area contributed by atoms with Crippen LogP contribution in [-0.2, 0) is 4.74 Å². The molecule has 1 amide bonds. The average Bonchev–Trinajstić information content (AvgIpc) is 2.71. The molecule has 7 nitrogen and oxygen atoms in total. The minimum absolute atomic E-state index is 0.200. The lowest BCUT2D eigenvalue weighted by molar-refractivity contribution is 0.0600. The van der Waals surface area contributed by atoms with Gasteiger partial charge < -0.3 is 15.4 Å². The minimum Gasteiger partial charge on any atom is -0.465 e. The number of nitrogens with zero attached hydrogens (tertiary/aromatic N) is 2. The van der Waals surface area contributed by atoms with Gasteiger partial charge in [0.05, 0.1) is 12.7 Å². The number of anilines is 3. The fraction of sp³-hybridized carbons (Fsp3) is 0.143. The molecular weight excluding hydrogens is 356 g/mol. The van der Waals surface area contributed by atoms with Crippen LogP contribution in [0.15, 0.2) is 54.9 Å². The highest BCUT2D eigenvalue weighted by atomic mass is 16.5. The van der Waals surface area contributed by atoms with Crippen LogP contribution in [0.1, 0.15) is 32.0 Å². The van der Waals surface area contributed by atoms with Gasteiger partial charge in [0.25, 0.3) is 5.91 Å². The van der Waals surface area contributed by atoms with E-state index in [0.29, 0.717) is 17.1 Å². The van der Waals surface area contributed by atoms with E-state index in [0.717, 1.165) is 16.8 Å². The molecule has 2 N–H and O–H groups in total. The Bertz CT molecular complexity index is 1030. The number of rotatable bonds is 5. The van der Waals surface area contributed by atoms with Crippen molar-refractivity contribution in [3.05, 3.63) is 77.2 Å². The van der Waals surface area contributed by atoms with Crippen molar-refractivity contribution in [1.82, 2.24) is 9.97 Å². The van der Waals surface area contributed by atoms with Gasteiger partial charge in [0.1, 0.15) is 17.8 Å². The Morgan fingerprint density at radius 3 is 2.57 bits per heavy atom. The minimum atomic E-state index is -0.474. The zero-order chi connectivity index (χ0) is 20.1. The molecule has 0 atom stereocenters. The van der Waals surface area contributed by atoms with Gasteiger partial charge in [-0.15, -0.1) is 0 Å². The Morgan fingerprint density at radius 2 is 1.79 bits per heavy atom. The number of hydrogen-bond donors (Lipinski definition) is 2. The molecule has 0 fully saturated rings. The lowest BCUT2D eigenvalue weighted by atomic mass is 10.1. The molecule has 7 heteroatoms. The third-order valence-electron chi connectivity index (χ3n) is 4.31. The van der Waals surface area contributed by atoms with Crippen LogP contribution in [-0.4, -0.2) is 29.0 Å². The predicted octanol–water partition coefficient (Wildman–Crippen LogP) is 3.88. The highest BCUT2D eigenvalue weighted by molar-refractivity contribution is 6.04. The Morgan fingerprint density at radius 1 is 1.00 bits per heavy atom. The van der Waals surface area contributed by atoms with Crippen molar-refractivity contribution >= 4 is 29.1 Å². The molecule has 0 aliphatic heterocycles. The second-order valence-corrected chi connectivity index (χ2v) is 6.19.